The number of carbonyl (C=O) groups excluding carboxylic acids is 4. The van der Waals surface area contributed by atoms with Crippen molar-refractivity contribution in [1.29, 1.82) is 0 Å². The van der Waals surface area contributed by atoms with Crippen LogP contribution in [0.1, 0.15) is 52.0 Å². The largest absolute Gasteiger partial charge is 0.451 e. The van der Waals surface area contributed by atoms with Gasteiger partial charge in [0.1, 0.15) is 0 Å². The molecule has 0 N–H and O–H groups in total. The molecule has 0 radical (unpaired) electrons. The molecule has 1 saturated heterocycles. The van der Waals surface area contributed by atoms with Crippen molar-refractivity contribution >= 4 is 29.3 Å². The van der Waals surface area contributed by atoms with Gasteiger partial charge in [0, 0.05) is 5.56 Å². The summed E-state index contributed by atoms with van der Waals surface area (Å²) in [6, 6.07) is 25.2. The smallest absolute Gasteiger partial charge is 0.338 e. The lowest BCUT2D eigenvalue weighted by Crippen LogP contribution is -2.33. The highest BCUT2D eigenvalue weighted by Gasteiger charge is 2.64. The van der Waals surface area contributed by atoms with E-state index in [4.69, 9.17) is 4.74 Å². The molecule has 186 valence electrons. The number of esters is 1. The van der Waals surface area contributed by atoms with Crippen LogP contribution >= 0.6 is 0 Å². The Labute approximate surface area is 215 Å². The second kappa shape index (κ2) is 9.11. The van der Waals surface area contributed by atoms with Crippen LogP contribution in [0.15, 0.2) is 84.9 Å². The third kappa shape index (κ3) is 3.88. The van der Waals surface area contributed by atoms with Crippen LogP contribution in [0.4, 0.5) is 5.69 Å². The number of rotatable bonds is 6. The molecule has 2 aliphatic carbocycles. The summed E-state index contributed by atoms with van der Waals surface area (Å²) >= 11 is 0. The van der Waals surface area contributed by atoms with Crippen molar-refractivity contribution in [3.63, 3.8) is 0 Å². The lowest BCUT2D eigenvalue weighted by Gasteiger charge is -2.28. The summed E-state index contributed by atoms with van der Waals surface area (Å²) in [7, 11) is 0. The lowest BCUT2D eigenvalue weighted by atomic mass is 9.73. The van der Waals surface area contributed by atoms with Gasteiger partial charge in [-0.25, -0.2) is 4.79 Å². The van der Waals surface area contributed by atoms with Crippen molar-refractivity contribution in [2.75, 3.05) is 4.90 Å². The third-order valence-corrected chi connectivity index (χ3v) is 8.32. The molecule has 37 heavy (non-hydrogen) atoms. The van der Waals surface area contributed by atoms with Gasteiger partial charge in [0.15, 0.2) is 6.10 Å². The van der Waals surface area contributed by atoms with Crippen LogP contribution in [0.25, 0.3) is 0 Å². The van der Waals surface area contributed by atoms with Gasteiger partial charge in [-0.1, -0.05) is 60.7 Å². The molecular weight excluding hydrogens is 466 g/mol. The van der Waals surface area contributed by atoms with Crippen molar-refractivity contribution in [2.45, 2.75) is 31.8 Å². The van der Waals surface area contributed by atoms with Crippen LogP contribution in [0.5, 0.6) is 0 Å². The molecule has 6 atom stereocenters. The fourth-order valence-electron chi connectivity index (χ4n) is 6.66. The SMILES string of the molecule is C[C@H](OC(=O)c1ccc(N2C(=O)[C@@H]3[C@@H]4C[C@@H]([C@H]3C2=O)[C@H](c2ccccc2)C4)cc1)C(=O)c1ccccc1. The first-order valence-electron chi connectivity index (χ1n) is 12.8. The van der Waals surface area contributed by atoms with Crippen LogP contribution < -0.4 is 4.90 Å². The van der Waals surface area contributed by atoms with E-state index in [1.165, 1.54) is 22.6 Å². The van der Waals surface area contributed by atoms with Gasteiger partial charge in [0.25, 0.3) is 0 Å². The maximum absolute atomic E-state index is 13.5. The number of amides is 2. The molecule has 1 heterocycles. The molecule has 2 amide bonds. The van der Waals surface area contributed by atoms with Gasteiger partial charge in [0.05, 0.1) is 23.1 Å². The van der Waals surface area contributed by atoms with Gasteiger partial charge in [0.2, 0.25) is 17.6 Å². The molecule has 6 nitrogen and oxygen atoms in total. The average molecular weight is 494 g/mol. The summed E-state index contributed by atoms with van der Waals surface area (Å²) in [6.45, 7) is 1.54. The molecule has 1 aliphatic heterocycles. The van der Waals surface area contributed by atoms with Gasteiger partial charge < -0.3 is 4.74 Å². The highest BCUT2D eigenvalue weighted by Crippen LogP contribution is 2.61. The Hall–Kier alpha value is -4.06. The number of hydrogen-bond acceptors (Lipinski definition) is 5. The van der Waals surface area contributed by atoms with E-state index in [9.17, 15) is 19.2 Å². The Morgan fingerprint density at radius 1 is 0.784 bits per heavy atom. The number of anilines is 1. The second-order valence-electron chi connectivity index (χ2n) is 10.3. The zero-order valence-electron chi connectivity index (χ0n) is 20.4. The van der Waals surface area contributed by atoms with Crippen molar-refractivity contribution in [2.24, 2.45) is 23.7 Å². The number of ketones is 1. The van der Waals surface area contributed by atoms with Gasteiger partial charge in [-0.05, 0) is 67.3 Å². The molecule has 0 aromatic heterocycles. The summed E-state index contributed by atoms with van der Waals surface area (Å²) in [5.74, 6) is -1.03. The topological polar surface area (TPSA) is 80.8 Å². The standard InChI is InChI=1S/C31H27NO5/c1-18(28(33)20-10-6-3-7-11-20)37-31(36)21-12-14-23(15-13-21)32-29(34)26-22-16-24(19-8-4-2-5-9-19)25(17-22)27(26)30(32)35/h2-15,18,22,24-27H,16-17H2,1H3/t18-,22-,24-,25+,26+,27+/m0/s1. The van der Waals surface area contributed by atoms with Crippen LogP contribution in [0.3, 0.4) is 0 Å². The summed E-state index contributed by atoms with van der Waals surface area (Å²) in [6.07, 6.45) is 0.918. The van der Waals surface area contributed by atoms with Gasteiger partial charge in [-0.2, -0.15) is 0 Å². The average Bonchev–Trinajstić information content (AvgIpc) is 3.60. The zero-order valence-corrected chi connectivity index (χ0v) is 20.4. The fraction of sp³-hybridized carbons (Fsp3) is 0.290. The van der Waals surface area contributed by atoms with E-state index in [0.717, 1.165) is 12.8 Å². The zero-order chi connectivity index (χ0) is 25.7. The Bertz CT molecular complexity index is 1370. The maximum Gasteiger partial charge on any atom is 0.338 e. The highest BCUT2D eigenvalue weighted by atomic mass is 16.5. The first kappa shape index (κ1) is 23.3. The predicted molar refractivity (Wildman–Crippen MR) is 137 cm³/mol. The minimum atomic E-state index is -0.941. The van der Waals surface area contributed by atoms with Gasteiger partial charge in [-0.3, -0.25) is 19.3 Å². The van der Waals surface area contributed by atoms with Crippen molar-refractivity contribution in [3.8, 4) is 0 Å². The van der Waals surface area contributed by atoms with Crippen LogP contribution in [0.2, 0.25) is 0 Å². The van der Waals surface area contributed by atoms with Gasteiger partial charge >= 0.3 is 5.97 Å². The van der Waals surface area contributed by atoms with E-state index in [-0.39, 0.29) is 46.8 Å². The molecule has 0 spiro atoms. The normalized spacial score (nSPS) is 26.7. The molecule has 3 aromatic carbocycles. The maximum atomic E-state index is 13.5. The van der Waals surface area contributed by atoms with E-state index >= 15 is 0 Å². The van der Waals surface area contributed by atoms with Crippen LogP contribution in [-0.2, 0) is 14.3 Å². The third-order valence-electron chi connectivity index (χ3n) is 8.32. The number of benzene rings is 3. The summed E-state index contributed by atoms with van der Waals surface area (Å²) < 4.78 is 5.38. The molecule has 3 fully saturated rings. The number of nitrogens with zero attached hydrogens (tertiary/aromatic N) is 1. The number of ether oxygens (including phenoxy) is 1. The molecule has 6 rings (SSSR count). The number of imide groups is 1. The lowest BCUT2D eigenvalue weighted by molar-refractivity contribution is -0.123. The molecule has 0 unspecified atom stereocenters. The molecule has 3 aliphatic rings. The molecule has 6 heteroatoms. The van der Waals surface area contributed by atoms with E-state index in [1.54, 1.807) is 43.3 Å². The quantitative estimate of drug-likeness (QED) is 0.273. The summed E-state index contributed by atoms with van der Waals surface area (Å²) in [5.41, 5.74) is 2.43. The number of hydrogen-bond donors (Lipinski definition) is 0. The molecule has 3 aromatic rings. The minimum absolute atomic E-state index is 0.133. The first-order chi connectivity index (χ1) is 17.9. The first-order valence-corrected chi connectivity index (χ1v) is 12.8. The predicted octanol–water partition coefficient (Wildman–Crippen LogP) is 5.04. The molecule has 2 bridgehead atoms. The van der Waals surface area contributed by atoms with Gasteiger partial charge in [-0.15, -0.1) is 0 Å². The van der Waals surface area contributed by atoms with Crippen LogP contribution in [-0.4, -0.2) is 29.7 Å². The van der Waals surface area contributed by atoms with Crippen molar-refractivity contribution in [1.82, 2.24) is 0 Å². The molecular formula is C31H27NO5. The Balaban J connectivity index is 1.16. The Morgan fingerprint density at radius 3 is 2.08 bits per heavy atom. The fourth-order valence-corrected chi connectivity index (χ4v) is 6.66. The van der Waals surface area contributed by atoms with Crippen molar-refractivity contribution < 1.29 is 23.9 Å². The summed E-state index contributed by atoms with van der Waals surface area (Å²) in [4.78, 5) is 53.4. The Morgan fingerprint density at radius 2 is 1.41 bits per heavy atom. The van der Waals surface area contributed by atoms with E-state index in [1.807, 2.05) is 24.3 Å². The number of Topliss-reactive ketones (excluding diaryl/α,β-unsaturated/α-hetero) is 1. The second-order valence-corrected chi connectivity index (χ2v) is 10.3. The highest BCUT2D eigenvalue weighted by molar-refractivity contribution is 6.22. The summed E-state index contributed by atoms with van der Waals surface area (Å²) in [5, 5.41) is 0. The van der Waals surface area contributed by atoms with Crippen molar-refractivity contribution in [3.05, 3.63) is 102 Å². The van der Waals surface area contributed by atoms with Crippen LogP contribution in [0, 0.1) is 23.7 Å². The van der Waals surface area contributed by atoms with E-state index in [2.05, 4.69) is 12.1 Å². The molecule has 2 saturated carbocycles. The Kier molecular flexibility index (Phi) is 5.75. The van der Waals surface area contributed by atoms with E-state index in [0.29, 0.717) is 17.2 Å². The number of fused-ring (bicyclic) bond motifs is 5. The monoisotopic (exact) mass is 493 g/mol. The number of carbonyl (C=O) groups is 4. The van der Waals surface area contributed by atoms with E-state index < -0.39 is 12.1 Å². The minimum Gasteiger partial charge on any atom is -0.451 e.